The fraction of sp³-hybridized carbons (Fsp3) is 0.630. The van der Waals surface area contributed by atoms with Gasteiger partial charge in [-0.2, -0.15) is 0 Å². The molecule has 10 heteroatoms. The zero-order valence-electron chi connectivity index (χ0n) is 22.9. The quantitative estimate of drug-likeness (QED) is 0.420. The topological polar surface area (TPSA) is 114 Å². The number of hydrogen-bond acceptors (Lipinski definition) is 7. The fourth-order valence-electron chi connectivity index (χ4n) is 3.94. The van der Waals surface area contributed by atoms with Crippen LogP contribution in [0.1, 0.15) is 74.1 Å². The molecule has 2 rings (SSSR count). The van der Waals surface area contributed by atoms with Crippen LogP contribution in [0.2, 0.25) is 0 Å². The molecule has 0 aliphatic carbocycles. The van der Waals surface area contributed by atoms with Gasteiger partial charge >= 0.3 is 11.9 Å². The normalized spacial score (nSPS) is 17.6. The largest absolute Gasteiger partial charge is 0.459 e. The highest BCUT2D eigenvalue weighted by Gasteiger charge is 2.39. The molecule has 0 saturated carbocycles. The molecule has 0 unspecified atom stereocenters. The number of nitrogens with one attached hydrogen (secondary N) is 2. The van der Waals surface area contributed by atoms with Gasteiger partial charge in [0, 0.05) is 23.1 Å². The van der Waals surface area contributed by atoms with E-state index in [4.69, 9.17) is 9.47 Å². The second-order valence-electron chi connectivity index (χ2n) is 11.3. The monoisotopic (exact) mass is 581 g/mol. The van der Waals surface area contributed by atoms with Crippen LogP contribution in [0.5, 0.6) is 0 Å². The maximum absolute atomic E-state index is 13.3. The Balaban J connectivity index is 2.07. The summed E-state index contributed by atoms with van der Waals surface area (Å²) in [7, 11) is 0. The van der Waals surface area contributed by atoms with Crippen LogP contribution in [-0.4, -0.2) is 64.5 Å². The van der Waals surface area contributed by atoms with Gasteiger partial charge in [-0.3, -0.25) is 19.7 Å². The molecule has 2 amide bonds. The number of nitrogens with zero attached hydrogens (tertiary/aromatic N) is 1. The van der Waals surface area contributed by atoms with E-state index in [-0.39, 0.29) is 24.7 Å². The molecule has 1 heterocycles. The molecule has 1 aromatic rings. The lowest BCUT2D eigenvalue weighted by molar-refractivity contribution is -0.164. The zero-order chi connectivity index (χ0) is 28.0. The Morgan fingerprint density at radius 2 is 1.62 bits per heavy atom. The smallest absolute Gasteiger partial charge is 0.329 e. The van der Waals surface area contributed by atoms with Crippen LogP contribution in [0, 0.1) is 0 Å². The van der Waals surface area contributed by atoms with Gasteiger partial charge < -0.3 is 19.7 Å². The molecule has 2 N–H and O–H groups in total. The number of ether oxygens (including phenoxy) is 2. The van der Waals surface area contributed by atoms with Gasteiger partial charge in [0.1, 0.15) is 23.3 Å². The number of hydrogen-bond donors (Lipinski definition) is 2. The second kappa shape index (κ2) is 12.9. The number of esters is 2. The Hall–Kier alpha value is -2.46. The standard InChI is InChI=1S/C27H40BrN3O6/c1-17(23(33)31-16-8-9-21(31)25(35)37-27(5,6)7)29-20(24(34)36-26(2,3)4)14-15-22(32)30-19-12-10-18(28)11-13-19/h10-13,17,20-21,29H,8-9,14-16H2,1-7H3,(H,30,32)/t17-,20-,21-/m0/s1. The molecule has 37 heavy (non-hydrogen) atoms. The van der Waals surface area contributed by atoms with E-state index in [0.717, 1.165) is 4.47 Å². The molecule has 9 nitrogen and oxygen atoms in total. The third-order valence-electron chi connectivity index (χ3n) is 5.52. The number of anilines is 1. The molecule has 0 radical (unpaired) electrons. The molecule has 206 valence electrons. The highest BCUT2D eigenvalue weighted by atomic mass is 79.9. The van der Waals surface area contributed by atoms with Crippen LogP contribution in [0.25, 0.3) is 0 Å². The summed E-state index contributed by atoms with van der Waals surface area (Å²) < 4.78 is 11.9. The third-order valence-corrected chi connectivity index (χ3v) is 6.04. The summed E-state index contributed by atoms with van der Waals surface area (Å²) >= 11 is 3.36. The second-order valence-corrected chi connectivity index (χ2v) is 12.2. The number of halogens is 1. The highest BCUT2D eigenvalue weighted by Crippen LogP contribution is 2.22. The Morgan fingerprint density at radius 3 is 2.19 bits per heavy atom. The van der Waals surface area contributed by atoms with Gasteiger partial charge in [-0.05, 0) is 92.0 Å². The first-order chi connectivity index (χ1) is 17.1. The fourth-order valence-corrected chi connectivity index (χ4v) is 4.21. The highest BCUT2D eigenvalue weighted by molar-refractivity contribution is 9.10. The molecule has 0 bridgehead atoms. The number of carbonyl (C=O) groups is 4. The summed E-state index contributed by atoms with van der Waals surface area (Å²) in [5, 5.41) is 5.85. The first-order valence-electron chi connectivity index (χ1n) is 12.6. The molecule has 3 atom stereocenters. The van der Waals surface area contributed by atoms with E-state index in [1.54, 1.807) is 60.6 Å². The van der Waals surface area contributed by atoms with Crippen molar-refractivity contribution < 1.29 is 28.7 Å². The van der Waals surface area contributed by atoms with Crippen molar-refractivity contribution in [3.05, 3.63) is 28.7 Å². The number of amides is 2. The third kappa shape index (κ3) is 10.4. The summed E-state index contributed by atoms with van der Waals surface area (Å²) in [5.41, 5.74) is -0.752. The van der Waals surface area contributed by atoms with Crippen LogP contribution < -0.4 is 10.6 Å². The predicted octanol–water partition coefficient (Wildman–Crippen LogP) is 4.19. The van der Waals surface area contributed by atoms with E-state index in [1.165, 1.54) is 4.90 Å². The average Bonchev–Trinajstić information content (AvgIpc) is 3.25. The van der Waals surface area contributed by atoms with Gasteiger partial charge in [-0.1, -0.05) is 15.9 Å². The first kappa shape index (κ1) is 30.8. The Kier molecular flexibility index (Phi) is 10.7. The molecule has 1 saturated heterocycles. The summed E-state index contributed by atoms with van der Waals surface area (Å²) in [6.07, 6.45) is 1.38. The van der Waals surface area contributed by atoms with Gasteiger partial charge in [-0.15, -0.1) is 0 Å². The molecule has 0 spiro atoms. The van der Waals surface area contributed by atoms with Crippen molar-refractivity contribution in [1.29, 1.82) is 0 Å². The Bertz CT molecular complexity index is 968. The van der Waals surface area contributed by atoms with Crippen molar-refractivity contribution in [2.75, 3.05) is 11.9 Å². The first-order valence-corrected chi connectivity index (χ1v) is 13.4. The minimum absolute atomic E-state index is 0.0398. The van der Waals surface area contributed by atoms with Crippen molar-refractivity contribution in [1.82, 2.24) is 10.2 Å². The van der Waals surface area contributed by atoms with E-state index in [2.05, 4.69) is 26.6 Å². The molecule has 1 aliphatic rings. The van der Waals surface area contributed by atoms with Crippen LogP contribution in [0.4, 0.5) is 5.69 Å². The van der Waals surface area contributed by atoms with E-state index >= 15 is 0 Å². The van der Waals surface area contributed by atoms with Crippen LogP contribution >= 0.6 is 15.9 Å². The maximum atomic E-state index is 13.3. The summed E-state index contributed by atoms with van der Waals surface area (Å²) in [6.45, 7) is 12.7. The average molecular weight is 583 g/mol. The number of carbonyl (C=O) groups excluding carboxylic acids is 4. The molecule has 1 aliphatic heterocycles. The van der Waals surface area contributed by atoms with Gasteiger partial charge in [0.2, 0.25) is 11.8 Å². The summed E-state index contributed by atoms with van der Waals surface area (Å²) in [6, 6.07) is 4.83. The maximum Gasteiger partial charge on any atom is 0.329 e. The molecule has 1 fully saturated rings. The van der Waals surface area contributed by atoms with E-state index < -0.39 is 41.3 Å². The lowest BCUT2D eigenvalue weighted by atomic mass is 10.1. The van der Waals surface area contributed by atoms with Crippen LogP contribution in [0.15, 0.2) is 28.7 Å². The van der Waals surface area contributed by atoms with E-state index in [1.807, 2.05) is 12.1 Å². The van der Waals surface area contributed by atoms with Crippen LogP contribution in [-0.2, 0) is 28.7 Å². The summed E-state index contributed by atoms with van der Waals surface area (Å²) in [4.78, 5) is 53.0. The lowest BCUT2D eigenvalue weighted by Gasteiger charge is -2.31. The van der Waals surface area contributed by atoms with Gasteiger partial charge in [0.25, 0.3) is 0 Å². The van der Waals surface area contributed by atoms with Gasteiger partial charge in [0.15, 0.2) is 0 Å². The summed E-state index contributed by atoms with van der Waals surface area (Å²) in [5.74, 6) is -1.55. The number of likely N-dealkylation sites (tertiary alicyclic amines) is 1. The van der Waals surface area contributed by atoms with Crippen molar-refractivity contribution in [2.45, 2.75) is 103 Å². The van der Waals surface area contributed by atoms with Crippen LogP contribution in [0.3, 0.4) is 0 Å². The Morgan fingerprint density at radius 1 is 1.03 bits per heavy atom. The molecule has 1 aromatic carbocycles. The number of benzene rings is 1. The molecule has 0 aromatic heterocycles. The van der Waals surface area contributed by atoms with Crippen molar-refractivity contribution in [3.8, 4) is 0 Å². The zero-order valence-corrected chi connectivity index (χ0v) is 24.4. The van der Waals surface area contributed by atoms with Gasteiger partial charge in [0.05, 0.1) is 6.04 Å². The minimum atomic E-state index is -0.892. The minimum Gasteiger partial charge on any atom is -0.459 e. The number of rotatable bonds is 9. The van der Waals surface area contributed by atoms with E-state index in [0.29, 0.717) is 25.1 Å². The van der Waals surface area contributed by atoms with Crippen molar-refractivity contribution >= 4 is 45.4 Å². The molecular formula is C27H40BrN3O6. The lowest BCUT2D eigenvalue weighted by Crippen LogP contribution is -2.54. The van der Waals surface area contributed by atoms with Gasteiger partial charge in [-0.25, -0.2) is 4.79 Å². The predicted molar refractivity (Wildman–Crippen MR) is 145 cm³/mol. The molecular weight excluding hydrogens is 542 g/mol. The SMILES string of the molecule is C[C@H](N[C@@H](CCC(=O)Nc1ccc(Br)cc1)C(=O)OC(C)(C)C)C(=O)N1CCC[C@H]1C(=O)OC(C)(C)C. The Labute approximate surface area is 228 Å². The van der Waals surface area contributed by atoms with E-state index in [9.17, 15) is 19.2 Å². The van der Waals surface area contributed by atoms with Crippen molar-refractivity contribution in [3.63, 3.8) is 0 Å². The van der Waals surface area contributed by atoms with Crippen molar-refractivity contribution in [2.24, 2.45) is 0 Å².